The summed E-state index contributed by atoms with van der Waals surface area (Å²) in [5, 5.41) is 7.86. The van der Waals surface area contributed by atoms with Crippen molar-refractivity contribution in [2.75, 3.05) is 35.5 Å². The van der Waals surface area contributed by atoms with Gasteiger partial charge < -0.3 is 30.7 Å². The number of thiophene rings is 1. The number of alkyl halides is 1. The first-order chi connectivity index (χ1) is 19.8. The zero-order chi connectivity index (χ0) is 28.4. The van der Waals surface area contributed by atoms with Crippen LogP contribution in [0.25, 0.3) is 31.9 Å². The van der Waals surface area contributed by atoms with E-state index >= 15 is 0 Å². The number of benzene rings is 3. The molecule has 0 saturated heterocycles. The van der Waals surface area contributed by atoms with Crippen molar-refractivity contribution in [3.63, 3.8) is 0 Å². The van der Waals surface area contributed by atoms with E-state index in [0.29, 0.717) is 35.2 Å². The molecule has 5 N–H and O–H groups in total. The number of nitrogen functional groups attached to an aromatic ring is 1. The first-order valence-electron chi connectivity index (χ1n) is 13.1. The Morgan fingerprint density at radius 3 is 2.59 bits per heavy atom. The molecule has 1 aliphatic heterocycles. The summed E-state index contributed by atoms with van der Waals surface area (Å²) in [5.41, 5.74) is 12.7. The van der Waals surface area contributed by atoms with E-state index in [1.165, 1.54) is 0 Å². The van der Waals surface area contributed by atoms with Crippen LogP contribution in [0.2, 0.25) is 0 Å². The number of hydrogen-bond acceptors (Lipinski definition) is 5. The van der Waals surface area contributed by atoms with Crippen molar-refractivity contribution in [1.29, 1.82) is 0 Å². The Hall–Kier alpha value is -4.47. The molecule has 8 nitrogen and oxygen atoms in total. The SMILES string of the molecule is COc1cc2c(c3c(C)csc13)[C@@H](CCl)CN2C(=O)c1cc2cc(NC(=O)c3cc4cc(N)ccc4[nH]3)ccc2[nH]1. The molecule has 6 aromatic rings. The number of hydrogen-bond donors (Lipinski definition) is 4. The van der Waals surface area contributed by atoms with Crippen LogP contribution in [0.4, 0.5) is 17.1 Å². The van der Waals surface area contributed by atoms with Crippen LogP contribution in [0, 0.1) is 6.92 Å². The van der Waals surface area contributed by atoms with Gasteiger partial charge in [-0.15, -0.1) is 22.9 Å². The molecule has 7 rings (SSSR count). The Kier molecular flexibility index (Phi) is 5.95. The normalized spacial score (nSPS) is 14.7. The molecule has 1 atom stereocenters. The first kappa shape index (κ1) is 25.5. The van der Waals surface area contributed by atoms with Gasteiger partial charge in [0, 0.05) is 63.0 Å². The monoisotopic (exact) mass is 583 g/mol. The molecular weight excluding hydrogens is 558 g/mol. The molecule has 206 valence electrons. The molecule has 0 spiro atoms. The van der Waals surface area contributed by atoms with E-state index in [1.807, 2.05) is 36.4 Å². The van der Waals surface area contributed by atoms with Crippen LogP contribution in [0.3, 0.4) is 0 Å². The summed E-state index contributed by atoms with van der Waals surface area (Å²) in [4.78, 5) is 35.0. The lowest BCUT2D eigenvalue weighted by Crippen LogP contribution is -2.30. The summed E-state index contributed by atoms with van der Waals surface area (Å²) in [6.45, 7) is 2.57. The number of fused-ring (bicyclic) bond motifs is 5. The summed E-state index contributed by atoms with van der Waals surface area (Å²) < 4.78 is 6.78. The minimum atomic E-state index is -0.268. The fourth-order valence-corrected chi connectivity index (χ4v) is 7.13. The molecule has 3 aromatic carbocycles. The summed E-state index contributed by atoms with van der Waals surface area (Å²) in [6.07, 6.45) is 0. The maximum Gasteiger partial charge on any atom is 0.274 e. The number of aryl methyl sites for hydroxylation is 1. The number of nitrogens with two attached hydrogens (primary N) is 1. The Balaban J connectivity index is 1.19. The number of H-pyrrole nitrogens is 2. The van der Waals surface area contributed by atoms with Gasteiger partial charge in [0.15, 0.2) is 0 Å². The molecule has 0 unspecified atom stereocenters. The second-order valence-corrected chi connectivity index (χ2v) is 11.6. The third-order valence-corrected chi connectivity index (χ3v) is 9.25. The quantitative estimate of drug-likeness (QED) is 0.129. The standard InChI is InChI=1S/C31H26ClN5O3S/c1-15-14-41-29-26(40-2)11-25-28(27(15)29)18(12-32)13-37(25)31(39)24-10-17-8-20(4-6-22(17)36-24)34-30(38)23-9-16-7-19(33)3-5-21(16)35-23/h3-11,14,18,35-36H,12-13,33H2,1-2H3,(H,34,38)/t18-/m0/s1. The van der Waals surface area contributed by atoms with Gasteiger partial charge in [-0.1, -0.05) is 0 Å². The molecule has 0 saturated carbocycles. The van der Waals surface area contributed by atoms with Gasteiger partial charge in [0.1, 0.15) is 17.1 Å². The predicted molar refractivity (Wildman–Crippen MR) is 167 cm³/mol. The zero-order valence-corrected chi connectivity index (χ0v) is 23.9. The molecule has 0 bridgehead atoms. The molecule has 4 heterocycles. The summed E-state index contributed by atoms with van der Waals surface area (Å²) in [6, 6.07) is 16.5. The third-order valence-electron chi connectivity index (χ3n) is 7.76. The lowest BCUT2D eigenvalue weighted by Gasteiger charge is -2.18. The summed E-state index contributed by atoms with van der Waals surface area (Å²) in [5.74, 6) is 0.764. The Labute approximate surface area is 244 Å². The number of methoxy groups -OCH3 is 1. The van der Waals surface area contributed by atoms with Crippen molar-refractivity contribution >= 4 is 83.7 Å². The van der Waals surface area contributed by atoms with Crippen molar-refractivity contribution in [3.8, 4) is 5.75 Å². The highest BCUT2D eigenvalue weighted by molar-refractivity contribution is 7.17. The Morgan fingerprint density at radius 2 is 1.80 bits per heavy atom. The highest BCUT2D eigenvalue weighted by Crippen LogP contribution is 2.49. The number of nitrogens with zero attached hydrogens (tertiary/aromatic N) is 1. The van der Waals surface area contributed by atoms with Gasteiger partial charge in [-0.2, -0.15) is 0 Å². The summed E-state index contributed by atoms with van der Waals surface area (Å²) in [7, 11) is 1.65. The van der Waals surface area contributed by atoms with E-state index in [0.717, 1.165) is 54.5 Å². The second kappa shape index (κ2) is 9.57. The second-order valence-electron chi connectivity index (χ2n) is 10.4. The van der Waals surface area contributed by atoms with Crippen LogP contribution in [-0.4, -0.2) is 41.3 Å². The molecule has 3 aromatic heterocycles. The van der Waals surface area contributed by atoms with Gasteiger partial charge in [-0.25, -0.2) is 0 Å². The fourth-order valence-electron chi connectivity index (χ4n) is 5.82. The van der Waals surface area contributed by atoms with E-state index < -0.39 is 0 Å². The fraction of sp³-hybridized carbons (Fsp3) is 0.161. The van der Waals surface area contributed by atoms with E-state index in [4.69, 9.17) is 22.1 Å². The molecule has 0 fully saturated rings. The number of carbonyl (C=O) groups is 2. The minimum Gasteiger partial charge on any atom is -0.495 e. The van der Waals surface area contributed by atoms with Gasteiger partial charge in [0.25, 0.3) is 11.8 Å². The molecule has 0 aliphatic carbocycles. The van der Waals surface area contributed by atoms with Crippen molar-refractivity contribution in [1.82, 2.24) is 9.97 Å². The van der Waals surface area contributed by atoms with Gasteiger partial charge in [-0.05, 0) is 72.0 Å². The number of ether oxygens (including phenoxy) is 1. The Bertz CT molecular complexity index is 2020. The van der Waals surface area contributed by atoms with Gasteiger partial charge in [-0.3, -0.25) is 9.59 Å². The number of carbonyl (C=O) groups excluding carboxylic acids is 2. The zero-order valence-electron chi connectivity index (χ0n) is 22.3. The number of halogens is 1. The van der Waals surface area contributed by atoms with Crippen LogP contribution < -0.4 is 20.7 Å². The smallest absolute Gasteiger partial charge is 0.274 e. The van der Waals surface area contributed by atoms with E-state index in [1.54, 1.807) is 41.5 Å². The minimum absolute atomic E-state index is 0.0181. The van der Waals surface area contributed by atoms with Crippen LogP contribution >= 0.6 is 22.9 Å². The van der Waals surface area contributed by atoms with E-state index in [9.17, 15) is 9.59 Å². The number of aromatic nitrogens is 2. The molecule has 1 aliphatic rings. The highest BCUT2D eigenvalue weighted by Gasteiger charge is 2.36. The molecular formula is C31H26ClN5O3S. The Morgan fingerprint density at radius 1 is 1.07 bits per heavy atom. The molecule has 2 amide bonds. The van der Waals surface area contributed by atoms with Gasteiger partial charge >= 0.3 is 0 Å². The van der Waals surface area contributed by atoms with E-state index in [2.05, 4.69) is 27.6 Å². The number of nitrogens with one attached hydrogen (secondary N) is 3. The topological polar surface area (TPSA) is 116 Å². The molecule has 41 heavy (non-hydrogen) atoms. The lowest BCUT2D eigenvalue weighted by atomic mass is 9.97. The van der Waals surface area contributed by atoms with Crippen molar-refractivity contribution in [2.24, 2.45) is 0 Å². The molecule has 10 heteroatoms. The van der Waals surface area contributed by atoms with Crippen LogP contribution in [0.1, 0.15) is 38.0 Å². The predicted octanol–water partition coefficient (Wildman–Crippen LogP) is 7.00. The average Bonchev–Trinajstić information content (AvgIpc) is 3.75. The van der Waals surface area contributed by atoms with Gasteiger partial charge in [0.05, 0.1) is 17.5 Å². The summed E-state index contributed by atoms with van der Waals surface area (Å²) >= 11 is 8.07. The number of rotatable bonds is 5. The number of amides is 2. The highest BCUT2D eigenvalue weighted by atomic mass is 35.5. The third kappa shape index (κ3) is 4.11. The maximum absolute atomic E-state index is 13.9. The number of aromatic amines is 2. The maximum atomic E-state index is 13.9. The molecule has 0 radical (unpaired) electrons. The van der Waals surface area contributed by atoms with E-state index in [-0.39, 0.29) is 17.7 Å². The van der Waals surface area contributed by atoms with Gasteiger partial charge in [0.2, 0.25) is 0 Å². The van der Waals surface area contributed by atoms with Crippen molar-refractivity contribution in [2.45, 2.75) is 12.8 Å². The lowest BCUT2D eigenvalue weighted by molar-refractivity contribution is 0.0982. The van der Waals surface area contributed by atoms with Crippen LogP contribution in [-0.2, 0) is 0 Å². The largest absolute Gasteiger partial charge is 0.495 e. The first-order valence-corrected chi connectivity index (χ1v) is 14.5. The number of anilines is 3. The van der Waals surface area contributed by atoms with Crippen LogP contribution in [0.15, 0.2) is 60.0 Å². The average molecular weight is 584 g/mol. The van der Waals surface area contributed by atoms with Crippen molar-refractivity contribution in [3.05, 3.63) is 82.5 Å². The van der Waals surface area contributed by atoms with Crippen molar-refractivity contribution < 1.29 is 14.3 Å². The van der Waals surface area contributed by atoms with Crippen LogP contribution in [0.5, 0.6) is 5.75 Å².